The lowest BCUT2D eigenvalue weighted by Gasteiger charge is -2.62. The van der Waals surface area contributed by atoms with Gasteiger partial charge in [-0.25, -0.2) is 0 Å². The van der Waals surface area contributed by atoms with Gasteiger partial charge in [0, 0.05) is 6.61 Å². The zero-order valence-corrected chi connectivity index (χ0v) is 12.5. The van der Waals surface area contributed by atoms with E-state index in [9.17, 15) is 5.11 Å². The Morgan fingerprint density at radius 2 is 1.90 bits per heavy atom. The molecule has 6 aliphatic rings. The van der Waals surface area contributed by atoms with Gasteiger partial charge < -0.3 is 5.11 Å². The molecule has 0 heterocycles. The predicted molar refractivity (Wildman–Crippen MR) is 78.8 cm³/mol. The Labute approximate surface area is 122 Å². The fourth-order valence-corrected chi connectivity index (χ4v) is 7.68. The predicted octanol–water partition coefficient (Wildman–Crippen LogP) is 3.50. The largest absolute Gasteiger partial charge is 0.396 e. The first-order valence-electron chi connectivity index (χ1n) is 8.74. The minimum absolute atomic E-state index is 0.415. The highest BCUT2D eigenvalue weighted by Crippen LogP contribution is 2.73. The standard InChI is InChI=1S/C19H26O/c1-3-10-4-14-12(8-20)7-15-13-5-11-6-16(18(11)15)17(9(13)2)19(10)14/h9,11-20H,1,4-8H2,2H3. The van der Waals surface area contributed by atoms with Crippen LogP contribution in [0.15, 0.2) is 17.9 Å². The van der Waals surface area contributed by atoms with Crippen molar-refractivity contribution in [2.75, 3.05) is 6.61 Å². The van der Waals surface area contributed by atoms with Crippen molar-refractivity contribution >= 4 is 0 Å². The van der Waals surface area contributed by atoms with Gasteiger partial charge in [-0.3, -0.25) is 0 Å². The van der Waals surface area contributed by atoms with Crippen molar-refractivity contribution in [3.8, 4) is 0 Å². The van der Waals surface area contributed by atoms with Crippen LogP contribution in [0.2, 0.25) is 0 Å². The maximum absolute atomic E-state index is 9.91. The molecule has 0 spiro atoms. The second-order valence-corrected chi connectivity index (χ2v) is 8.51. The normalized spacial score (nSPS) is 61.8. The molecule has 10 atom stereocenters. The van der Waals surface area contributed by atoms with Crippen molar-refractivity contribution in [3.63, 3.8) is 0 Å². The van der Waals surface area contributed by atoms with Gasteiger partial charge >= 0.3 is 0 Å². The molecule has 0 aromatic rings. The lowest BCUT2D eigenvalue weighted by atomic mass is 9.42. The Hall–Kier alpha value is -0.520. The number of hydrogen-bond donors (Lipinski definition) is 1. The van der Waals surface area contributed by atoms with Gasteiger partial charge in [-0.05, 0) is 90.4 Å². The Bertz CT molecular complexity index is 500. The van der Waals surface area contributed by atoms with Crippen LogP contribution >= 0.6 is 0 Å². The molecule has 10 unspecified atom stereocenters. The van der Waals surface area contributed by atoms with E-state index in [2.05, 4.69) is 19.2 Å². The number of rotatable bonds is 1. The van der Waals surface area contributed by atoms with E-state index in [0.29, 0.717) is 12.5 Å². The van der Waals surface area contributed by atoms with Gasteiger partial charge in [-0.2, -0.15) is 0 Å². The average molecular weight is 270 g/mol. The van der Waals surface area contributed by atoms with E-state index in [4.69, 9.17) is 0 Å². The van der Waals surface area contributed by atoms with Crippen LogP contribution in [-0.2, 0) is 0 Å². The van der Waals surface area contributed by atoms with Crippen molar-refractivity contribution in [2.24, 2.45) is 59.2 Å². The lowest BCUT2D eigenvalue weighted by molar-refractivity contribution is -0.125. The van der Waals surface area contributed by atoms with E-state index in [1.807, 2.05) is 0 Å². The molecule has 6 aliphatic carbocycles. The van der Waals surface area contributed by atoms with Gasteiger partial charge in [-0.15, -0.1) is 5.73 Å². The van der Waals surface area contributed by atoms with Crippen LogP contribution in [-0.4, -0.2) is 11.7 Å². The molecule has 4 bridgehead atoms. The Morgan fingerprint density at radius 3 is 2.65 bits per heavy atom. The van der Waals surface area contributed by atoms with Crippen molar-refractivity contribution in [2.45, 2.75) is 32.6 Å². The molecule has 0 radical (unpaired) electrons. The fraction of sp³-hybridized carbons (Fsp3) is 0.842. The summed E-state index contributed by atoms with van der Waals surface area (Å²) in [6, 6.07) is 0. The van der Waals surface area contributed by atoms with E-state index in [1.165, 1.54) is 31.3 Å². The quantitative estimate of drug-likeness (QED) is 0.723. The second-order valence-electron chi connectivity index (χ2n) is 8.51. The summed E-state index contributed by atoms with van der Waals surface area (Å²) in [5, 5.41) is 9.91. The Kier molecular flexibility index (Phi) is 2.30. The molecule has 0 aromatic heterocycles. The molecule has 108 valence electrons. The average Bonchev–Trinajstić information content (AvgIpc) is 2.50. The van der Waals surface area contributed by atoms with Crippen molar-refractivity contribution in [1.29, 1.82) is 0 Å². The highest BCUT2D eigenvalue weighted by molar-refractivity contribution is 5.25. The zero-order chi connectivity index (χ0) is 13.6. The molecular weight excluding hydrogens is 244 g/mol. The van der Waals surface area contributed by atoms with Crippen LogP contribution in [0.3, 0.4) is 0 Å². The van der Waals surface area contributed by atoms with E-state index in [-0.39, 0.29) is 0 Å². The molecule has 1 heteroatoms. The summed E-state index contributed by atoms with van der Waals surface area (Å²) in [4.78, 5) is 0. The Balaban J connectivity index is 1.62. The third kappa shape index (κ3) is 1.18. The first-order valence-corrected chi connectivity index (χ1v) is 8.74. The minimum Gasteiger partial charge on any atom is -0.396 e. The smallest absolute Gasteiger partial charge is 0.0462 e. The summed E-state index contributed by atoms with van der Waals surface area (Å²) < 4.78 is 0. The fourth-order valence-electron chi connectivity index (χ4n) is 7.68. The molecule has 6 saturated carbocycles. The monoisotopic (exact) mass is 270 g/mol. The second kappa shape index (κ2) is 3.81. The molecule has 1 nitrogen and oxygen atoms in total. The SMILES string of the molecule is C=C=C1CC2C(CO)CC3C4CC5CC(C53)C(C4C)C12. The van der Waals surface area contributed by atoms with Gasteiger partial charge in [0.25, 0.3) is 0 Å². The summed E-state index contributed by atoms with van der Waals surface area (Å²) in [6.45, 7) is 6.92. The van der Waals surface area contributed by atoms with E-state index in [1.54, 1.807) is 0 Å². The summed E-state index contributed by atoms with van der Waals surface area (Å²) in [5.41, 5.74) is 4.78. The topological polar surface area (TPSA) is 20.2 Å². The first kappa shape index (κ1) is 12.1. The van der Waals surface area contributed by atoms with Gasteiger partial charge in [0.2, 0.25) is 0 Å². The number of allylic oxidation sites excluding steroid dienone is 1. The van der Waals surface area contributed by atoms with Crippen LogP contribution in [0, 0.1) is 59.2 Å². The van der Waals surface area contributed by atoms with Crippen LogP contribution < -0.4 is 0 Å². The van der Waals surface area contributed by atoms with Gasteiger partial charge in [0.1, 0.15) is 0 Å². The molecule has 0 amide bonds. The highest BCUT2D eigenvalue weighted by Gasteiger charge is 2.67. The lowest BCUT2D eigenvalue weighted by Crippen LogP contribution is -2.57. The minimum atomic E-state index is 0.415. The Morgan fingerprint density at radius 1 is 1.10 bits per heavy atom. The summed E-state index contributed by atoms with van der Waals surface area (Å²) in [7, 11) is 0. The molecule has 6 rings (SSSR count). The molecule has 0 saturated heterocycles. The van der Waals surface area contributed by atoms with Gasteiger partial charge in [-0.1, -0.05) is 13.5 Å². The number of aliphatic hydroxyl groups excluding tert-OH is 1. The van der Waals surface area contributed by atoms with Crippen LogP contribution in [0.4, 0.5) is 0 Å². The molecule has 6 fully saturated rings. The van der Waals surface area contributed by atoms with E-state index < -0.39 is 0 Å². The number of hydrogen-bond acceptors (Lipinski definition) is 1. The highest BCUT2D eigenvalue weighted by atomic mass is 16.3. The molecular formula is C19H26O. The van der Waals surface area contributed by atoms with Crippen LogP contribution in [0.5, 0.6) is 0 Å². The molecule has 0 aromatic carbocycles. The number of aliphatic hydroxyl groups is 1. The van der Waals surface area contributed by atoms with E-state index >= 15 is 0 Å². The van der Waals surface area contributed by atoms with Gasteiger partial charge in [0.15, 0.2) is 0 Å². The molecule has 20 heavy (non-hydrogen) atoms. The summed E-state index contributed by atoms with van der Waals surface area (Å²) in [6.07, 6.45) is 5.53. The number of fused-ring (bicyclic) bond motifs is 1. The maximum atomic E-state index is 9.91. The van der Waals surface area contributed by atoms with Crippen LogP contribution in [0.25, 0.3) is 0 Å². The molecule has 0 aliphatic heterocycles. The van der Waals surface area contributed by atoms with Crippen LogP contribution in [0.1, 0.15) is 32.6 Å². The first-order chi connectivity index (χ1) is 9.74. The molecule has 1 N–H and O–H groups in total. The van der Waals surface area contributed by atoms with Crippen molar-refractivity contribution in [1.82, 2.24) is 0 Å². The third-order valence-corrected chi connectivity index (χ3v) is 8.39. The van der Waals surface area contributed by atoms with Crippen molar-refractivity contribution < 1.29 is 5.11 Å². The van der Waals surface area contributed by atoms with E-state index in [0.717, 1.165) is 53.3 Å². The van der Waals surface area contributed by atoms with Crippen molar-refractivity contribution in [3.05, 3.63) is 17.9 Å². The maximum Gasteiger partial charge on any atom is 0.0462 e. The summed E-state index contributed by atoms with van der Waals surface area (Å²) >= 11 is 0. The third-order valence-electron chi connectivity index (χ3n) is 8.39. The zero-order valence-electron chi connectivity index (χ0n) is 12.5. The van der Waals surface area contributed by atoms with Gasteiger partial charge in [0.05, 0.1) is 0 Å². The summed E-state index contributed by atoms with van der Waals surface area (Å²) in [5.74, 6) is 8.87.